The topological polar surface area (TPSA) is 51.4 Å². The highest BCUT2D eigenvalue weighted by Crippen LogP contribution is 2.64. The van der Waals surface area contributed by atoms with Crippen molar-refractivity contribution in [1.29, 1.82) is 0 Å². The van der Waals surface area contributed by atoms with Crippen molar-refractivity contribution in [3.05, 3.63) is 0 Å². The highest BCUT2D eigenvalue weighted by Gasteiger charge is 2.79. The van der Waals surface area contributed by atoms with E-state index >= 15 is 0 Å². The van der Waals surface area contributed by atoms with E-state index in [1.54, 1.807) is 0 Å². The number of rotatable bonds is 1. The summed E-state index contributed by atoms with van der Waals surface area (Å²) in [5.41, 5.74) is -0.979. The molecule has 5 atom stereocenters. The molecule has 0 bridgehead atoms. The second-order valence-corrected chi connectivity index (χ2v) is 4.74. The Bertz CT molecular complexity index is 315. The summed E-state index contributed by atoms with van der Waals surface area (Å²) in [6.07, 6.45) is 1.31. The van der Waals surface area contributed by atoms with Crippen LogP contribution in [-0.2, 0) is 19.0 Å². The molecule has 5 unspecified atom stereocenters. The van der Waals surface area contributed by atoms with E-state index in [0.717, 1.165) is 6.42 Å². The van der Waals surface area contributed by atoms with Crippen molar-refractivity contribution in [2.45, 2.75) is 44.2 Å². The molecule has 1 aliphatic carbocycles. The van der Waals surface area contributed by atoms with Crippen molar-refractivity contribution >= 4 is 5.97 Å². The molecule has 2 heterocycles. The van der Waals surface area contributed by atoms with E-state index in [9.17, 15) is 4.79 Å². The summed E-state index contributed by atoms with van der Waals surface area (Å²) < 4.78 is 16.0. The van der Waals surface area contributed by atoms with Gasteiger partial charge < -0.3 is 14.2 Å². The maximum atomic E-state index is 11.8. The molecule has 2 saturated heterocycles. The minimum absolute atomic E-state index is 0.00120. The molecule has 0 spiro atoms. The lowest BCUT2D eigenvalue weighted by Crippen LogP contribution is -2.50. The third-order valence-corrected chi connectivity index (χ3v) is 4.18. The number of esters is 1. The van der Waals surface area contributed by atoms with E-state index in [2.05, 4.69) is 0 Å². The summed E-state index contributed by atoms with van der Waals surface area (Å²) in [5.74, 6) is -0.213. The quantitative estimate of drug-likeness (QED) is 0.454. The van der Waals surface area contributed by atoms with E-state index < -0.39 is 5.41 Å². The van der Waals surface area contributed by atoms with Gasteiger partial charge in [-0.05, 0) is 13.8 Å². The monoisotopic (exact) mass is 198 g/mol. The largest absolute Gasteiger partial charge is 0.468 e. The van der Waals surface area contributed by atoms with Gasteiger partial charge in [0.15, 0.2) is 0 Å². The Morgan fingerprint density at radius 3 is 2.86 bits per heavy atom. The zero-order valence-electron chi connectivity index (χ0n) is 8.57. The van der Waals surface area contributed by atoms with Crippen LogP contribution in [0.1, 0.15) is 20.3 Å². The van der Waals surface area contributed by atoms with Gasteiger partial charge in [0.05, 0.1) is 19.3 Å². The van der Waals surface area contributed by atoms with E-state index in [1.807, 2.05) is 13.8 Å². The third-order valence-electron chi connectivity index (χ3n) is 4.18. The molecule has 0 aromatic heterocycles. The first-order valence-electron chi connectivity index (χ1n) is 4.95. The van der Waals surface area contributed by atoms with Crippen LogP contribution in [0.4, 0.5) is 0 Å². The maximum Gasteiger partial charge on any atom is 0.317 e. The average molecular weight is 198 g/mol. The van der Waals surface area contributed by atoms with Crippen LogP contribution >= 0.6 is 0 Å². The number of hydrogen-bond donors (Lipinski definition) is 0. The summed E-state index contributed by atoms with van der Waals surface area (Å²) >= 11 is 0. The average Bonchev–Trinajstić information content (AvgIpc) is 3.02. The van der Waals surface area contributed by atoms with Gasteiger partial charge in [0.25, 0.3) is 0 Å². The lowest BCUT2D eigenvalue weighted by Gasteiger charge is -2.31. The zero-order chi connectivity index (χ0) is 10.1. The van der Waals surface area contributed by atoms with Crippen molar-refractivity contribution < 1.29 is 19.0 Å². The molecule has 3 aliphatic rings. The Kier molecular flexibility index (Phi) is 1.33. The standard InChI is InChI=1S/C10H14O4/c1-9(8(11)12-3)7-5(13-7)4-6-10(9,2)14-6/h5-7H,4H2,1-3H3. The van der Waals surface area contributed by atoms with Crippen LogP contribution in [0.3, 0.4) is 0 Å². The molecule has 0 aromatic carbocycles. The summed E-state index contributed by atoms with van der Waals surface area (Å²) in [6.45, 7) is 3.87. The SMILES string of the molecule is COC(=O)C1(C)C2OC2CC2OC21C. The highest BCUT2D eigenvalue weighted by atomic mass is 16.7. The van der Waals surface area contributed by atoms with Crippen LogP contribution in [0.5, 0.6) is 0 Å². The van der Waals surface area contributed by atoms with Crippen molar-refractivity contribution in [3.63, 3.8) is 0 Å². The number of ether oxygens (including phenoxy) is 3. The minimum atomic E-state index is -0.616. The first-order valence-corrected chi connectivity index (χ1v) is 4.95. The number of carbonyl (C=O) groups excluding carboxylic acids is 1. The molecule has 3 rings (SSSR count). The predicted molar refractivity (Wildman–Crippen MR) is 46.7 cm³/mol. The van der Waals surface area contributed by atoms with Gasteiger partial charge in [-0.2, -0.15) is 0 Å². The van der Waals surface area contributed by atoms with Gasteiger partial charge in [0, 0.05) is 6.42 Å². The number of methoxy groups -OCH3 is 1. The highest BCUT2D eigenvalue weighted by molar-refractivity contribution is 5.80. The van der Waals surface area contributed by atoms with Gasteiger partial charge in [0.2, 0.25) is 0 Å². The molecule has 0 aromatic rings. The molecule has 0 amide bonds. The van der Waals surface area contributed by atoms with Gasteiger partial charge in [-0.15, -0.1) is 0 Å². The fourth-order valence-corrected chi connectivity index (χ4v) is 2.85. The smallest absolute Gasteiger partial charge is 0.317 e. The molecule has 78 valence electrons. The first kappa shape index (κ1) is 8.68. The Morgan fingerprint density at radius 2 is 2.21 bits per heavy atom. The Hall–Kier alpha value is -0.610. The van der Waals surface area contributed by atoms with Crippen molar-refractivity contribution in [1.82, 2.24) is 0 Å². The van der Waals surface area contributed by atoms with Gasteiger partial charge in [-0.3, -0.25) is 4.79 Å². The van der Waals surface area contributed by atoms with E-state index in [1.165, 1.54) is 7.11 Å². The second-order valence-electron chi connectivity index (χ2n) is 4.74. The lowest BCUT2D eigenvalue weighted by atomic mass is 9.68. The Morgan fingerprint density at radius 1 is 1.50 bits per heavy atom. The third kappa shape index (κ3) is 0.718. The molecule has 3 fully saturated rings. The fraction of sp³-hybridized carbons (Fsp3) is 0.900. The Labute approximate surface area is 82.5 Å². The number of carbonyl (C=O) groups is 1. The van der Waals surface area contributed by atoms with Crippen LogP contribution in [0, 0.1) is 5.41 Å². The lowest BCUT2D eigenvalue weighted by molar-refractivity contribution is -0.157. The van der Waals surface area contributed by atoms with E-state index in [0.29, 0.717) is 0 Å². The molecule has 0 radical (unpaired) electrons. The minimum Gasteiger partial charge on any atom is -0.468 e. The molecular formula is C10H14O4. The summed E-state index contributed by atoms with van der Waals surface area (Å²) in [6, 6.07) is 0. The van der Waals surface area contributed by atoms with Gasteiger partial charge in [-0.25, -0.2) is 0 Å². The Balaban J connectivity index is 1.99. The summed E-state index contributed by atoms with van der Waals surface area (Å²) in [4.78, 5) is 11.8. The van der Waals surface area contributed by atoms with Crippen LogP contribution in [0.25, 0.3) is 0 Å². The van der Waals surface area contributed by atoms with E-state index in [4.69, 9.17) is 14.2 Å². The van der Waals surface area contributed by atoms with Crippen LogP contribution in [0.2, 0.25) is 0 Å². The van der Waals surface area contributed by atoms with E-state index in [-0.39, 0.29) is 29.9 Å². The van der Waals surface area contributed by atoms with Gasteiger partial charge in [0.1, 0.15) is 17.1 Å². The second kappa shape index (κ2) is 2.14. The van der Waals surface area contributed by atoms with Crippen LogP contribution < -0.4 is 0 Å². The van der Waals surface area contributed by atoms with Gasteiger partial charge >= 0.3 is 5.97 Å². The van der Waals surface area contributed by atoms with Crippen molar-refractivity contribution in [2.75, 3.05) is 7.11 Å². The molecule has 14 heavy (non-hydrogen) atoms. The maximum absolute atomic E-state index is 11.8. The number of fused-ring (bicyclic) bond motifs is 2. The summed E-state index contributed by atoms with van der Waals surface area (Å²) in [7, 11) is 1.42. The zero-order valence-corrected chi connectivity index (χ0v) is 8.57. The number of hydrogen-bond acceptors (Lipinski definition) is 4. The fourth-order valence-electron chi connectivity index (χ4n) is 2.85. The van der Waals surface area contributed by atoms with Crippen molar-refractivity contribution in [3.8, 4) is 0 Å². The molecular weight excluding hydrogens is 184 g/mol. The molecule has 2 aliphatic heterocycles. The van der Waals surface area contributed by atoms with Crippen LogP contribution in [-0.4, -0.2) is 37.0 Å². The predicted octanol–water partition coefficient (Wildman–Crippen LogP) is 0.494. The molecule has 0 N–H and O–H groups in total. The summed E-state index contributed by atoms with van der Waals surface area (Å²) in [5, 5.41) is 0. The molecule has 1 saturated carbocycles. The number of epoxide rings is 2. The van der Waals surface area contributed by atoms with Crippen LogP contribution in [0.15, 0.2) is 0 Å². The van der Waals surface area contributed by atoms with Crippen molar-refractivity contribution in [2.24, 2.45) is 5.41 Å². The normalized spacial score (nSPS) is 58.4. The molecule has 4 nitrogen and oxygen atoms in total. The van der Waals surface area contributed by atoms with Gasteiger partial charge in [-0.1, -0.05) is 0 Å². The molecule has 4 heteroatoms. The first-order chi connectivity index (χ1) is 6.54.